The fourth-order valence-corrected chi connectivity index (χ4v) is 3.57. The maximum Gasteiger partial charge on any atom is 0.113 e. The molecule has 3 aromatic rings. The molecule has 0 saturated carbocycles. The van der Waals surface area contributed by atoms with Crippen molar-refractivity contribution in [2.24, 2.45) is 0 Å². The summed E-state index contributed by atoms with van der Waals surface area (Å²) in [5.74, 6) is 0. The van der Waals surface area contributed by atoms with Crippen LogP contribution < -0.4 is 0 Å². The minimum absolute atomic E-state index is 0.941. The molecule has 0 saturated heterocycles. The molecule has 0 amide bonds. The minimum atomic E-state index is 0.941. The van der Waals surface area contributed by atoms with Crippen molar-refractivity contribution in [3.05, 3.63) is 53.6 Å². The number of unbranched alkanes of at least 4 members (excludes halogenated alkanes) is 2. The van der Waals surface area contributed by atoms with Crippen molar-refractivity contribution in [2.75, 3.05) is 13.1 Å². The van der Waals surface area contributed by atoms with Crippen LogP contribution in [0.2, 0.25) is 0 Å². The second kappa shape index (κ2) is 6.73. The summed E-state index contributed by atoms with van der Waals surface area (Å²) < 4.78 is 1.95. The number of benzene rings is 2. The zero-order valence-electron chi connectivity index (χ0n) is 14.3. The van der Waals surface area contributed by atoms with E-state index in [9.17, 15) is 0 Å². The van der Waals surface area contributed by atoms with Crippen LogP contribution in [0.1, 0.15) is 37.3 Å². The van der Waals surface area contributed by atoms with Gasteiger partial charge in [0.15, 0.2) is 0 Å². The summed E-state index contributed by atoms with van der Waals surface area (Å²) >= 11 is 0. The van der Waals surface area contributed by atoms with Crippen molar-refractivity contribution in [2.45, 2.75) is 39.2 Å². The third kappa shape index (κ3) is 2.94. The van der Waals surface area contributed by atoms with E-state index in [1.54, 1.807) is 0 Å². The van der Waals surface area contributed by atoms with Crippen LogP contribution >= 0.6 is 0 Å². The Kier molecular flexibility index (Phi) is 4.30. The molecular weight excluding hydrogens is 296 g/mol. The molecule has 124 valence electrons. The van der Waals surface area contributed by atoms with Gasteiger partial charge in [0.1, 0.15) is 5.52 Å². The van der Waals surface area contributed by atoms with Gasteiger partial charge >= 0.3 is 0 Å². The largest absolute Gasteiger partial charge is 0.299 e. The lowest BCUT2D eigenvalue weighted by molar-refractivity contribution is 0.249. The van der Waals surface area contributed by atoms with Crippen LogP contribution in [0.4, 0.5) is 0 Å². The number of hydrogen-bond donors (Lipinski definition) is 0. The molecule has 0 N–H and O–H groups in total. The number of hydrogen-bond acceptors (Lipinski definition) is 3. The molecule has 4 heteroatoms. The Balaban J connectivity index is 1.60. The van der Waals surface area contributed by atoms with Gasteiger partial charge in [-0.1, -0.05) is 43.2 Å². The standard InChI is InChI=1S/C20H24N4/c1-2-3-6-12-23-13-11-16-9-10-18(14-17(16)15-23)24-20-8-5-4-7-19(20)21-22-24/h4-5,7-10,14H,2-3,6,11-13,15H2,1H3. The molecular formula is C20H24N4. The summed E-state index contributed by atoms with van der Waals surface area (Å²) in [4.78, 5) is 2.58. The lowest BCUT2D eigenvalue weighted by Gasteiger charge is -2.29. The van der Waals surface area contributed by atoms with Gasteiger partial charge in [-0.3, -0.25) is 4.90 Å². The molecule has 0 fully saturated rings. The fraction of sp³-hybridized carbons (Fsp3) is 0.400. The van der Waals surface area contributed by atoms with E-state index in [1.165, 1.54) is 43.5 Å². The highest BCUT2D eigenvalue weighted by atomic mass is 15.4. The summed E-state index contributed by atoms with van der Waals surface area (Å²) in [7, 11) is 0. The van der Waals surface area contributed by atoms with Gasteiger partial charge in [-0.05, 0) is 54.8 Å². The van der Waals surface area contributed by atoms with E-state index in [-0.39, 0.29) is 0 Å². The maximum absolute atomic E-state index is 4.35. The Bertz CT molecular complexity index is 837. The van der Waals surface area contributed by atoms with Crippen LogP contribution in [-0.2, 0) is 13.0 Å². The maximum atomic E-state index is 4.35. The first-order chi connectivity index (χ1) is 11.8. The second-order valence-corrected chi connectivity index (χ2v) is 6.68. The van der Waals surface area contributed by atoms with E-state index in [4.69, 9.17) is 0 Å². The predicted octanol–water partition coefficient (Wildman–Crippen LogP) is 3.97. The van der Waals surface area contributed by atoms with Crippen molar-refractivity contribution < 1.29 is 0 Å². The molecule has 1 aliphatic rings. The summed E-state index contributed by atoms with van der Waals surface area (Å²) in [5, 5.41) is 8.62. The van der Waals surface area contributed by atoms with Crippen molar-refractivity contribution >= 4 is 11.0 Å². The van der Waals surface area contributed by atoms with Crippen molar-refractivity contribution in [3.63, 3.8) is 0 Å². The zero-order valence-corrected chi connectivity index (χ0v) is 14.3. The van der Waals surface area contributed by atoms with Crippen LogP contribution in [0.3, 0.4) is 0 Å². The molecule has 0 radical (unpaired) electrons. The first-order valence-corrected chi connectivity index (χ1v) is 9.00. The number of rotatable bonds is 5. The molecule has 4 nitrogen and oxygen atoms in total. The third-order valence-electron chi connectivity index (χ3n) is 4.96. The van der Waals surface area contributed by atoms with Crippen LogP contribution in [0.5, 0.6) is 0 Å². The first-order valence-electron chi connectivity index (χ1n) is 9.00. The number of para-hydroxylation sites is 1. The molecule has 0 atom stereocenters. The average molecular weight is 320 g/mol. The minimum Gasteiger partial charge on any atom is -0.299 e. The van der Waals surface area contributed by atoms with Gasteiger partial charge < -0.3 is 0 Å². The molecule has 0 unspecified atom stereocenters. The van der Waals surface area contributed by atoms with E-state index in [0.717, 1.165) is 29.7 Å². The summed E-state index contributed by atoms with van der Waals surface area (Å²) in [6, 6.07) is 14.9. The van der Waals surface area contributed by atoms with Crippen LogP contribution in [-0.4, -0.2) is 33.0 Å². The molecule has 0 aliphatic carbocycles. The summed E-state index contributed by atoms with van der Waals surface area (Å²) in [6.45, 7) is 5.71. The molecule has 0 bridgehead atoms. The van der Waals surface area contributed by atoms with Gasteiger partial charge in [0.05, 0.1) is 11.2 Å². The van der Waals surface area contributed by atoms with Crippen LogP contribution in [0, 0.1) is 0 Å². The van der Waals surface area contributed by atoms with Crippen molar-refractivity contribution in [3.8, 4) is 5.69 Å². The highest BCUT2D eigenvalue weighted by molar-refractivity contribution is 5.75. The predicted molar refractivity (Wildman–Crippen MR) is 97.4 cm³/mol. The van der Waals surface area contributed by atoms with E-state index >= 15 is 0 Å². The molecule has 2 heterocycles. The molecule has 24 heavy (non-hydrogen) atoms. The van der Waals surface area contributed by atoms with Gasteiger partial charge in [0, 0.05) is 13.1 Å². The van der Waals surface area contributed by atoms with Crippen molar-refractivity contribution in [1.29, 1.82) is 0 Å². The van der Waals surface area contributed by atoms with Gasteiger partial charge in [0.2, 0.25) is 0 Å². The number of nitrogens with zero attached hydrogens (tertiary/aromatic N) is 4. The monoisotopic (exact) mass is 320 g/mol. The van der Waals surface area contributed by atoms with Crippen LogP contribution in [0.25, 0.3) is 16.7 Å². The highest BCUT2D eigenvalue weighted by Crippen LogP contribution is 2.24. The Morgan fingerprint density at radius 1 is 1.04 bits per heavy atom. The van der Waals surface area contributed by atoms with E-state index in [2.05, 4.69) is 46.4 Å². The molecule has 1 aromatic heterocycles. The van der Waals surface area contributed by atoms with E-state index in [0.29, 0.717) is 0 Å². The summed E-state index contributed by atoms with van der Waals surface area (Å²) in [5.41, 5.74) is 6.03. The van der Waals surface area contributed by atoms with E-state index in [1.807, 2.05) is 22.9 Å². The van der Waals surface area contributed by atoms with Crippen molar-refractivity contribution in [1.82, 2.24) is 19.9 Å². The first kappa shape index (κ1) is 15.3. The highest BCUT2D eigenvalue weighted by Gasteiger charge is 2.17. The lowest BCUT2D eigenvalue weighted by Crippen LogP contribution is -2.31. The molecule has 2 aromatic carbocycles. The Hall–Kier alpha value is -2.20. The average Bonchev–Trinajstić information content (AvgIpc) is 3.05. The van der Waals surface area contributed by atoms with Gasteiger partial charge in [-0.25, -0.2) is 4.68 Å². The molecule has 4 rings (SSSR count). The SMILES string of the molecule is CCCCCN1CCc2ccc(-n3nnc4ccccc43)cc2C1. The molecule has 1 aliphatic heterocycles. The number of fused-ring (bicyclic) bond motifs is 2. The fourth-order valence-electron chi connectivity index (χ4n) is 3.57. The Labute approximate surface area is 143 Å². The quantitative estimate of drug-likeness (QED) is 0.667. The second-order valence-electron chi connectivity index (χ2n) is 6.68. The summed E-state index contributed by atoms with van der Waals surface area (Å²) in [6.07, 6.45) is 5.07. The zero-order chi connectivity index (χ0) is 16.4. The number of aromatic nitrogens is 3. The van der Waals surface area contributed by atoms with Gasteiger partial charge in [0.25, 0.3) is 0 Å². The van der Waals surface area contributed by atoms with E-state index < -0.39 is 0 Å². The Morgan fingerprint density at radius 3 is 2.88 bits per heavy atom. The van der Waals surface area contributed by atoms with Crippen LogP contribution in [0.15, 0.2) is 42.5 Å². The molecule has 0 spiro atoms. The Morgan fingerprint density at radius 2 is 1.96 bits per heavy atom. The van der Waals surface area contributed by atoms with Gasteiger partial charge in [-0.15, -0.1) is 5.10 Å². The normalized spacial score (nSPS) is 14.9. The topological polar surface area (TPSA) is 34.0 Å². The smallest absolute Gasteiger partial charge is 0.113 e. The van der Waals surface area contributed by atoms with Gasteiger partial charge in [-0.2, -0.15) is 0 Å². The third-order valence-corrected chi connectivity index (χ3v) is 4.96. The lowest BCUT2D eigenvalue weighted by atomic mass is 9.98.